The molecule has 74 valence electrons. The molecule has 13 heavy (non-hydrogen) atoms. The van der Waals surface area contributed by atoms with Crippen molar-refractivity contribution >= 4 is 5.97 Å². The molecular formula is C10H17NO2. The third kappa shape index (κ3) is 1.85. The van der Waals surface area contributed by atoms with Gasteiger partial charge in [0.05, 0.1) is 0 Å². The smallest absolute Gasteiger partial charge is 0.302 e. The normalized spacial score (nSPS) is 39.1. The molecule has 2 rings (SSSR count). The van der Waals surface area contributed by atoms with Gasteiger partial charge in [-0.2, -0.15) is 0 Å². The summed E-state index contributed by atoms with van der Waals surface area (Å²) in [6.45, 7) is 2.68. The van der Waals surface area contributed by atoms with Crippen molar-refractivity contribution in [1.82, 2.24) is 4.90 Å². The fourth-order valence-electron chi connectivity index (χ4n) is 2.74. The maximum absolute atomic E-state index is 10.8. The average molecular weight is 183 g/mol. The topological polar surface area (TPSA) is 29.5 Å². The van der Waals surface area contributed by atoms with Crippen molar-refractivity contribution in [3.63, 3.8) is 0 Å². The van der Waals surface area contributed by atoms with E-state index in [1.54, 1.807) is 0 Å². The molecule has 3 atom stereocenters. The minimum Gasteiger partial charge on any atom is -0.462 e. The Balaban J connectivity index is 1.93. The van der Waals surface area contributed by atoms with E-state index in [1.807, 2.05) is 0 Å². The van der Waals surface area contributed by atoms with E-state index in [1.165, 1.54) is 19.9 Å². The van der Waals surface area contributed by atoms with Crippen LogP contribution >= 0.6 is 0 Å². The molecule has 3 nitrogen and oxygen atoms in total. The Hall–Kier alpha value is -0.570. The van der Waals surface area contributed by atoms with Crippen LogP contribution in [0.5, 0.6) is 0 Å². The molecule has 2 fully saturated rings. The monoisotopic (exact) mass is 183 g/mol. The van der Waals surface area contributed by atoms with E-state index in [0.717, 1.165) is 18.8 Å². The SMILES string of the molecule is CC(=O)O[C@@H]1C[C@@H]2C[C@H](C1)N(C)C2. The van der Waals surface area contributed by atoms with Crippen molar-refractivity contribution in [2.24, 2.45) is 5.92 Å². The van der Waals surface area contributed by atoms with Gasteiger partial charge in [-0.3, -0.25) is 4.79 Å². The Morgan fingerprint density at radius 2 is 2.15 bits per heavy atom. The summed E-state index contributed by atoms with van der Waals surface area (Å²) in [5.41, 5.74) is 0. The van der Waals surface area contributed by atoms with Crippen LogP contribution in [0.4, 0.5) is 0 Å². The molecule has 2 aliphatic rings. The highest BCUT2D eigenvalue weighted by Crippen LogP contribution is 2.35. The Labute approximate surface area is 79.0 Å². The van der Waals surface area contributed by atoms with Gasteiger partial charge in [0.25, 0.3) is 0 Å². The van der Waals surface area contributed by atoms with Crippen LogP contribution in [0.15, 0.2) is 0 Å². The number of esters is 1. The standard InChI is InChI=1S/C10H17NO2/c1-7(12)13-10-4-8-3-9(5-10)11(2)6-8/h8-10H,3-6H2,1-2H3/t8-,9+,10+/m0/s1. The lowest BCUT2D eigenvalue weighted by atomic mass is 9.88. The van der Waals surface area contributed by atoms with Gasteiger partial charge in [0.2, 0.25) is 0 Å². The first kappa shape index (κ1) is 9.00. The van der Waals surface area contributed by atoms with E-state index in [-0.39, 0.29) is 12.1 Å². The van der Waals surface area contributed by atoms with Gasteiger partial charge >= 0.3 is 5.97 Å². The van der Waals surface area contributed by atoms with E-state index < -0.39 is 0 Å². The van der Waals surface area contributed by atoms with Gasteiger partial charge < -0.3 is 9.64 Å². The molecule has 0 aromatic carbocycles. The molecule has 0 N–H and O–H groups in total. The van der Waals surface area contributed by atoms with E-state index in [4.69, 9.17) is 4.74 Å². The zero-order valence-electron chi connectivity index (χ0n) is 8.32. The van der Waals surface area contributed by atoms with Crippen LogP contribution in [-0.2, 0) is 9.53 Å². The molecule has 1 aliphatic heterocycles. The zero-order chi connectivity index (χ0) is 9.42. The average Bonchev–Trinajstić information content (AvgIpc) is 2.25. The molecular weight excluding hydrogens is 166 g/mol. The fraction of sp³-hybridized carbons (Fsp3) is 0.900. The summed E-state index contributed by atoms with van der Waals surface area (Å²) >= 11 is 0. The van der Waals surface area contributed by atoms with Crippen LogP contribution in [0.25, 0.3) is 0 Å². The second-order valence-corrected chi connectivity index (χ2v) is 4.40. The van der Waals surface area contributed by atoms with Crippen LogP contribution in [0.1, 0.15) is 26.2 Å². The van der Waals surface area contributed by atoms with Gasteiger partial charge in [-0.05, 0) is 32.2 Å². The minimum absolute atomic E-state index is 0.131. The van der Waals surface area contributed by atoms with Crippen molar-refractivity contribution < 1.29 is 9.53 Å². The van der Waals surface area contributed by atoms with Crippen molar-refractivity contribution in [1.29, 1.82) is 0 Å². The molecule has 0 aromatic rings. The molecule has 3 heteroatoms. The number of rotatable bonds is 1. The number of fused-ring (bicyclic) bond motifs is 2. The molecule has 1 heterocycles. The van der Waals surface area contributed by atoms with Gasteiger partial charge in [0.15, 0.2) is 0 Å². The summed E-state index contributed by atoms with van der Waals surface area (Å²) in [5.74, 6) is 0.627. The van der Waals surface area contributed by atoms with Gasteiger partial charge in [-0.1, -0.05) is 0 Å². The third-order valence-corrected chi connectivity index (χ3v) is 3.24. The van der Waals surface area contributed by atoms with Crippen LogP contribution < -0.4 is 0 Å². The predicted molar refractivity (Wildman–Crippen MR) is 49.3 cm³/mol. The van der Waals surface area contributed by atoms with Crippen LogP contribution in [-0.4, -0.2) is 36.6 Å². The highest BCUT2D eigenvalue weighted by Gasteiger charge is 2.38. The Kier molecular flexibility index (Phi) is 2.28. The number of ether oxygens (including phenoxy) is 1. The minimum atomic E-state index is -0.131. The van der Waals surface area contributed by atoms with Gasteiger partial charge in [-0.15, -0.1) is 0 Å². The number of likely N-dealkylation sites (tertiary alicyclic amines) is 1. The van der Waals surface area contributed by atoms with Crippen molar-refractivity contribution in [3.05, 3.63) is 0 Å². The van der Waals surface area contributed by atoms with Crippen LogP contribution in [0.3, 0.4) is 0 Å². The first-order valence-electron chi connectivity index (χ1n) is 5.02. The van der Waals surface area contributed by atoms with Gasteiger partial charge in [-0.25, -0.2) is 0 Å². The second kappa shape index (κ2) is 3.29. The maximum Gasteiger partial charge on any atom is 0.302 e. The lowest BCUT2D eigenvalue weighted by Crippen LogP contribution is -2.31. The van der Waals surface area contributed by atoms with E-state index in [2.05, 4.69) is 11.9 Å². The van der Waals surface area contributed by atoms with Crippen molar-refractivity contribution in [2.75, 3.05) is 13.6 Å². The summed E-state index contributed by atoms with van der Waals surface area (Å²) in [6, 6.07) is 0.656. The number of hydrogen-bond donors (Lipinski definition) is 0. The summed E-state index contributed by atoms with van der Waals surface area (Å²) < 4.78 is 5.25. The molecule has 0 radical (unpaired) electrons. The lowest BCUT2D eigenvalue weighted by molar-refractivity contribution is -0.148. The Morgan fingerprint density at radius 1 is 1.38 bits per heavy atom. The largest absolute Gasteiger partial charge is 0.462 e. The van der Waals surface area contributed by atoms with Gasteiger partial charge in [0, 0.05) is 19.5 Å². The Morgan fingerprint density at radius 3 is 2.77 bits per heavy atom. The number of nitrogens with zero attached hydrogens (tertiary/aromatic N) is 1. The quantitative estimate of drug-likeness (QED) is 0.569. The molecule has 0 spiro atoms. The summed E-state index contributed by atoms with van der Waals surface area (Å²) in [6.07, 6.45) is 3.59. The maximum atomic E-state index is 10.8. The predicted octanol–water partition coefficient (Wildman–Crippen LogP) is 1.03. The molecule has 1 saturated heterocycles. The first-order chi connectivity index (χ1) is 6.15. The molecule has 0 unspecified atom stereocenters. The van der Waals surface area contributed by atoms with Crippen LogP contribution in [0.2, 0.25) is 0 Å². The fourth-order valence-corrected chi connectivity index (χ4v) is 2.74. The van der Waals surface area contributed by atoms with Gasteiger partial charge in [0.1, 0.15) is 6.10 Å². The molecule has 1 aliphatic carbocycles. The van der Waals surface area contributed by atoms with E-state index in [0.29, 0.717) is 6.04 Å². The van der Waals surface area contributed by atoms with Crippen molar-refractivity contribution in [2.45, 2.75) is 38.3 Å². The lowest BCUT2D eigenvalue weighted by Gasteiger charge is -2.27. The molecule has 0 amide bonds. The first-order valence-corrected chi connectivity index (χ1v) is 5.02. The molecule has 2 bridgehead atoms. The summed E-state index contributed by atoms with van der Waals surface area (Å²) in [7, 11) is 2.17. The van der Waals surface area contributed by atoms with E-state index in [9.17, 15) is 4.79 Å². The number of carbonyl (C=O) groups excluding carboxylic acids is 1. The van der Waals surface area contributed by atoms with E-state index >= 15 is 0 Å². The molecule has 1 saturated carbocycles. The second-order valence-electron chi connectivity index (χ2n) is 4.40. The summed E-state index contributed by atoms with van der Waals surface area (Å²) in [4.78, 5) is 13.2. The highest BCUT2D eigenvalue weighted by atomic mass is 16.5. The van der Waals surface area contributed by atoms with Crippen molar-refractivity contribution in [3.8, 4) is 0 Å². The third-order valence-electron chi connectivity index (χ3n) is 3.24. The molecule has 0 aromatic heterocycles. The number of hydrogen-bond acceptors (Lipinski definition) is 3. The summed E-state index contributed by atoms with van der Waals surface area (Å²) in [5, 5.41) is 0. The Bertz CT molecular complexity index is 215. The zero-order valence-corrected chi connectivity index (χ0v) is 8.32. The number of carbonyl (C=O) groups is 1. The van der Waals surface area contributed by atoms with Crippen LogP contribution in [0, 0.1) is 5.92 Å². The highest BCUT2D eigenvalue weighted by molar-refractivity contribution is 5.66.